The van der Waals surface area contributed by atoms with Gasteiger partial charge in [0, 0.05) is 31.1 Å². The van der Waals surface area contributed by atoms with Gasteiger partial charge in [0.05, 0.1) is 7.11 Å². The van der Waals surface area contributed by atoms with Crippen molar-refractivity contribution in [2.75, 3.05) is 13.7 Å². The van der Waals surface area contributed by atoms with E-state index in [1.54, 1.807) is 7.11 Å². The molecule has 1 atom stereocenters. The molecule has 106 valence electrons. The molecule has 0 bridgehead atoms. The number of aliphatic hydroxyl groups excluding tert-OH is 1. The Morgan fingerprint density at radius 2 is 2.25 bits per heavy atom. The summed E-state index contributed by atoms with van der Waals surface area (Å²) in [5.41, 5.74) is 2.10. The molecule has 5 nitrogen and oxygen atoms in total. The Kier molecular flexibility index (Phi) is 3.44. The monoisotopic (exact) mass is 273 g/mol. The minimum Gasteiger partial charge on any atom is -0.496 e. The van der Waals surface area contributed by atoms with E-state index >= 15 is 0 Å². The molecule has 0 saturated heterocycles. The van der Waals surface area contributed by atoms with Crippen molar-refractivity contribution in [2.24, 2.45) is 5.92 Å². The van der Waals surface area contributed by atoms with Crippen molar-refractivity contribution in [3.8, 4) is 17.1 Å². The molecule has 1 N–H and O–H groups in total. The van der Waals surface area contributed by atoms with E-state index in [2.05, 4.69) is 14.8 Å². The number of nitrogens with zero attached hydrogens (tertiary/aromatic N) is 3. The number of aliphatic hydroxyl groups is 1. The summed E-state index contributed by atoms with van der Waals surface area (Å²) in [6.07, 6.45) is 1.85. The zero-order valence-electron chi connectivity index (χ0n) is 11.8. The van der Waals surface area contributed by atoms with Crippen molar-refractivity contribution in [1.29, 1.82) is 0 Å². The number of aryl methyl sites for hydroxylation is 2. The Hall–Kier alpha value is -1.88. The van der Waals surface area contributed by atoms with Crippen LogP contribution in [0.5, 0.6) is 5.75 Å². The van der Waals surface area contributed by atoms with Crippen molar-refractivity contribution < 1.29 is 9.84 Å². The fourth-order valence-corrected chi connectivity index (χ4v) is 2.72. The summed E-state index contributed by atoms with van der Waals surface area (Å²) in [6, 6.07) is 6.06. The molecule has 1 aliphatic rings. The lowest BCUT2D eigenvalue weighted by Crippen LogP contribution is -2.23. The van der Waals surface area contributed by atoms with Crippen molar-refractivity contribution in [3.05, 3.63) is 29.6 Å². The summed E-state index contributed by atoms with van der Waals surface area (Å²) < 4.78 is 7.49. The van der Waals surface area contributed by atoms with Crippen LogP contribution < -0.4 is 4.74 Å². The molecule has 0 amide bonds. The van der Waals surface area contributed by atoms with Gasteiger partial charge in [0.1, 0.15) is 11.6 Å². The van der Waals surface area contributed by atoms with Gasteiger partial charge < -0.3 is 14.4 Å². The van der Waals surface area contributed by atoms with Gasteiger partial charge in [-0.3, -0.25) is 0 Å². The molecule has 20 heavy (non-hydrogen) atoms. The van der Waals surface area contributed by atoms with Crippen LogP contribution in [0.1, 0.15) is 17.8 Å². The van der Waals surface area contributed by atoms with Crippen molar-refractivity contribution >= 4 is 0 Å². The van der Waals surface area contributed by atoms with E-state index in [4.69, 9.17) is 4.74 Å². The molecule has 1 unspecified atom stereocenters. The van der Waals surface area contributed by atoms with Gasteiger partial charge in [-0.2, -0.15) is 0 Å². The van der Waals surface area contributed by atoms with E-state index in [1.807, 2.05) is 25.1 Å². The van der Waals surface area contributed by atoms with E-state index < -0.39 is 0 Å². The predicted octanol–water partition coefficient (Wildman–Crippen LogP) is 1.82. The smallest absolute Gasteiger partial charge is 0.164 e. The van der Waals surface area contributed by atoms with E-state index in [9.17, 15) is 5.11 Å². The fourth-order valence-electron chi connectivity index (χ4n) is 2.72. The first kappa shape index (κ1) is 13.1. The second kappa shape index (κ2) is 5.25. The van der Waals surface area contributed by atoms with Gasteiger partial charge in [-0.25, -0.2) is 0 Å². The number of methoxy groups -OCH3 is 1. The standard InChI is InChI=1S/C15H19N3O2/c1-10-3-5-12(7-13(10)20-2)15-17-16-14-6-4-11(9-19)8-18(14)15/h3,5,7,11,19H,4,6,8-9H2,1-2H3. The fraction of sp³-hybridized carbons (Fsp3) is 0.467. The highest BCUT2D eigenvalue weighted by molar-refractivity contribution is 5.59. The molecule has 1 aromatic heterocycles. The molecule has 2 aromatic rings. The van der Waals surface area contributed by atoms with E-state index in [0.717, 1.165) is 47.9 Å². The van der Waals surface area contributed by atoms with E-state index in [-0.39, 0.29) is 6.61 Å². The maximum absolute atomic E-state index is 9.36. The van der Waals surface area contributed by atoms with Crippen LogP contribution >= 0.6 is 0 Å². The second-order valence-corrected chi connectivity index (χ2v) is 5.32. The Bertz CT molecular complexity index is 622. The Balaban J connectivity index is 2.01. The van der Waals surface area contributed by atoms with Gasteiger partial charge in [0.15, 0.2) is 5.82 Å². The van der Waals surface area contributed by atoms with Crippen molar-refractivity contribution in [3.63, 3.8) is 0 Å². The summed E-state index contributed by atoms with van der Waals surface area (Å²) in [7, 11) is 1.67. The number of hydrogen-bond acceptors (Lipinski definition) is 4. The Morgan fingerprint density at radius 3 is 3.00 bits per heavy atom. The summed E-state index contributed by atoms with van der Waals surface area (Å²) in [5, 5.41) is 17.9. The van der Waals surface area contributed by atoms with Crippen LogP contribution in [0.25, 0.3) is 11.4 Å². The average Bonchev–Trinajstić information content (AvgIpc) is 2.90. The first-order chi connectivity index (χ1) is 9.72. The molecule has 1 aromatic carbocycles. The molecular weight excluding hydrogens is 254 g/mol. The predicted molar refractivity (Wildman–Crippen MR) is 75.6 cm³/mol. The largest absolute Gasteiger partial charge is 0.496 e. The number of fused-ring (bicyclic) bond motifs is 1. The maximum atomic E-state index is 9.36. The van der Waals surface area contributed by atoms with Crippen LogP contribution in [-0.4, -0.2) is 33.6 Å². The Labute approximate surface area is 118 Å². The molecule has 3 rings (SSSR count). The highest BCUT2D eigenvalue weighted by atomic mass is 16.5. The SMILES string of the molecule is COc1cc(-c2nnc3n2CC(CO)CC3)ccc1C. The van der Waals surface area contributed by atoms with E-state index in [0.29, 0.717) is 5.92 Å². The third-order valence-electron chi connectivity index (χ3n) is 3.97. The Morgan fingerprint density at radius 1 is 1.40 bits per heavy atom. The third kappa shape index (κ3) is 2.18. The first-order valence-corrected chi connectivity index (χ1v) is 6.91. The molecule has 1 aliphatic heterocycles. The number of aromatic nitrogens is 3. The van der Waals surface area contributed by atoms with Crippen LogP contribution in [-0.2, 0) is 13.0 Å². The molecule has 0 aliphatic carbocycles. The average molecular weight is 273 g/mol. The zero-order chi connectivity index (χ0) is 14.1. The van der Waals surface area contributed by atoms with Crippen molar-refractivity contribution in [1.82, 2.24) is 14.8 Å². The highest BCUT2D eigenvalue weighted by Crippen LogP contribution is 2.29. The molecule has 5 heteroatoms. The minimum absolute atomic E-state index is 0.217. The van der Waals surface area contributed by atoms with Crippen LogP contribution in [0.4, 0.5) is 0 Å². The van der Waals surface area contributed by atoms with Crippen LogP contribution in [0.2, 0.25) is 0 Å². The third-order valence-corrected chi connectivity index (χ3v) is 3.97. The number of rotatable bonds is 3. The molecule has 0 saturated carbocycles. The van der Waals surface area contributed by atoms with Gasteiger partial charge in [0.25, 0.3) is 0 Å². The summed E-state index contributed by atoms with van der Waals surface area (Å²) in [6.45, 7) is 3.02. The van der Waals surface area contributed by atoms with E-state index in [1.165, 1.54) is 0 Å². The lowest BCUT2D eigenvalue weighted by Gasteiger charge is -2.22. The summed E-state index contributed by atoms with van der Waals surface area (Å²) in [5.74, 6) is 3.01. The topological polar surface area (TPSA) is 60.2 Å². The van der Waals surface area contributed by atoms with Gasteiger partial charge in [-0.05, 0) is 25.0 Å². The number of benzene rings is 1. The second-order valence-electron chi connectivity index (χ2n) is 5.32. The van der Waals surface area contributed by atoms with Crippen LogP contribution in [0, 0.1) is 12.8 Å². The first-order valence-electron chi connectivity index (χ1n) is 6.91. The summed E-state index contributed by atoms with van der Waals surface area (Å²) in [4.78, 5) is 0. The van der Waals surface area contributed by atoms with Crippen LogP contribution in [0.3, 0.4) is 0 Å². The van der Waals surface area contributed by atoms with Gasteiger partial charge in [-0.1, -0.05) is 12.1 Å². The summed E-state index contributed by atoms with van der Waals surface area (Å²) >= 11 is 0. The van der Waals surface area contributed by atoms with Gasteiger partial charge >= 0.3 is 0 Å². The highest BCUT2D eigenvalue weighted by Gasteiger charge is 2.23. The number of ether oxygens (including phenoxy) is 1. The molecule has 0 spiro atoms. The van der Waals surface area contributed by atoms with Gasteiger partial charge in [0.2, 0.25) is 0 Å². The molecule has 2 heterocycles. The van der Waals surface area contributed by atoms with Crippen LogP contribution in [0.15, 0.2) is 18.2 Å². The zero-order valence-corrected chi connectivity index (χ0v) is 11.8. The lowest BCUT2D eigenvalue weighted by molar-refractivity contribution is 0.191. The molecule has 0 fully saturated rings. The quantitative estimate of drug-likeness (QED) is 0.926. The normalized spacial score (nSPS) is 17.9. The van der Waals surface area contributed by atoms with Gasteiger partial charge in [-0.15, -0.1) is 10.2 Å². The number of hydrogen-bond donors (Lipinski definition) is 1. The van der Waals surface area contributed by atoms with Crippen molar-refractivity contribution in [2.45, 2.75) is 26.3 Å². The molecular formula is C15H19N3O2. The maximum Gasteiger partial charge on any atom is 0.164 e. The lowest BCUT2D eigenvalue weighted by atomic mass is 10.00. The minimum atomic E-state index is 0.217. The molecule has 0 radical (unpaired) electrons.